The van der Waals surface area contributed by atoms with E-state index in [2.05, 4.69) is 0 Å². The Labute approximate surface area is 237 Å². The van der Waals surface area contributed by atoms with Gasteiger partial charge in [0.05, 0.1) is 29.6 Å². The maximum Gasteiger partial charge on any atom is 0.343 e. The van der Waals surface area contributed by atoms with E-state index in [1.54, 1.807) is 0 Å². The summed E-state index contributed by atoms with van der Waals surface area (Å²) in [6.45, 7) is 8.16. The lowest BCUT2D eigenvalue weighted by Gasteiger charge is -2.48. The Morgan fingerprint density at radius 3 is 2.22 bits per heavy atom. The quantitative estimate of drug-likeness (QED) is 0.176. The van der Waals surface area contributed by atoms with Gasteiger partial charge in [-0.3, -0.25) is 9.35 Å². The Kier molecular flexibility index (Phi) is 7.25. The lowest BCUT2D eigenvalue weighted by Crippen LogP contribution is -2.67. The molecule has 4 aliphatic heterocycles. The number of aliphatic hydroxyl groups is 2. The fourth-order valence-electron chi connectivity index (χ4n) is 8.65. The molecule has 6 aliphatic rings. The first kappa shape index (κ1) is 32.0. The van der Waals surface area contributed by atoms with Crippen LogP contribution in [0.1, 0.15) is 34.1 Å². The van der Waals surface area contributed by atoms with Crippen LogP contribution in [-0.4, -0.2) is 127 Å². The van der Waals surface area contributed by atoms with Crippen molar-refractivity contribution >= 4 is 28.0 Å². The highest BCUT2D eigenvalue weighted by Gasteiger charge is 3.04. The van der Waals surface area contributed by atoms with Gasteiger partial charge in [0, 0.05) is 6.54 Å². The number of nitrogens with zero attached hydrogens (tertiary/aromatic N) is 1. The molecule has 11 atom stereocenters. The Morgan fingerprint density at radius 1 is 1.10 bits per heavy atom. The molecule has 6 rings (SSSR count). The van der Waals surface area contributed by atoms with Gasteiger partial charge in [-0.2, -0.15) is 8.42 Å². The first-order chi connectivity index (χ1) is 18.2. The van der Waals surface area contributed by atoms with Gasteiger partial charge in [0.2, 0.25) is 11.9 Å². The molecule has 6 fully saturated rings. The number of likely N-dealkylation sites (N-methyl/N-ethyl adjacent to an activating group) is 1. The fourth-order valence-corrected chi connectivity index (χ4v) is 8.65. The van der Waals surface area contributed by atoms with Crippen molar-refractivity contribution in [2.24, 2.45) is 28.1 Å². The van der Waals surface area contributed by atoms with Gasteiger partial charge in [0.15, 0.2) is 17.8 Å². The summed E-state index contributed by atoms with van der Waals surface area (Å²) in [5.74, 6) is -3.80. The van der Waals surface area contributed by atoms with Crippen molar-refractivity contribution in [3.8, 4) is 0 Å². The summed E-state index contributed by atoms with van der Waals surface area (Å²) in [4.78, 5) is 41.5. The molecule has 4 saturated heterocycles. The molecule has 0 radical (unpaired) electrons. The van der Waals surface area contributed by atoms with Gasteiger partial charge in [-0.15, -0.1) is 0 Å². The fraction of sp³-hybridized carbons (Fsp3) is 0.880. The van der Waals surface area contributed by atoms with Crippen molar-refractivity contribution in [1.29, 1.82) is 0 Å². The smallest absolute Gasteiger partial charge is 0.343 e. The van der Waals surface area contributed by atoms with Crippen molar-refractivity contribution < 1.29 is 66.7 Å². The second kappa shape index (κ2) is 9.29. The van der Waals surface area contributed by atoms with E-state index in [1.165, 1.54) is 6.92 Å². The molecule has 0 aromatic carbocycles. The average molecular weight is 610 g/mol. The number of fused-ring (bicyclic) bond motifs is 1. The molecule has 2 aliphatic carbocycles. The van der Waals surface area contributed by atoms with E-state index in [0.717, 1.165) is 0 Å². The van der Waals surface area contributed by atoms with Crippen LogP contribution < -0.4 is 0 Å². The standard InChI is InChI=1S/C24H33NO10.CH4O3S.H2O/c1-10-16(27)33-14-13(26)22-12-9-11(20(2,3)4)21(22)15(31-8-7-25(5)6)17(28)34-19(21)35-24(22,18(29)32-12)23(10,14)30;1-5(2,3)4;/h10-15,19,26,30H,7-9H2,1-6H3;1H3,(H,2,3,4);1H2/t10-,11+,12-,13+,14+,15+,19+,21+,22+,23-,24-;;/m1../s1. The maximum absolute atomic E-state index is 13.7. The third-order valence-corrected chi connectivity index (χ3v) is 9.79. The first-order valence-electron chi connectivity index (χ1n) is 13.1. The topological polar surface area (TPSA) is 227 Å². The van der Waals surface area contributed by atoms with E-state index in [0.29, 0.717) is 19.2 Å². The molecule has 16 heteroatoms. The molecule has 41 heavy (non-hydrogen) atoms. The second-order valence-corrected chi connectivity index (χ2v) is 14.5. The predicted octanol–water partition coefficient (Wildman–Crippen LogP) is -2.10. The molecule has 0 unspecified atom stereocenters. The van der Waals surface area contributed by atoms with Crippen LogP contribution >= 0.6 is 0 Å². The van der Waals surface area contributed by atoms with Crippen molar-refractivity contribution in [3.05, 3.63) is 0 Å². The number of hydrogen-bond donors (Lipinski definition) is 3. The zero-order valence-electron chi connectivity index (χ0n) is 23.9. The van der Waals surface area contributed by atoms with Gasteiger partial charge in [-0.1, -0.05) is 20.8 Å². The highest BCUT2D eigenvalue weighted by atomic mass is 32.2. The minimum absolute atomic E-state index is 0. The van der Waals surface area contributed by atoms with Crippen LogP contribution in [0.25, 0.3) is 0 Å². The van der Waals surface area contributed by atoms with Crippen molar-refractivity contribution in [2.45, 2.75) is 76.0 Å². The van der Waals surface area contributed by atoms with Gasteiger partial charge < -0.3 is 44.3 Å². The van der Waals surface area contributed by atoms with Crippen LogP contribution in [0.15, 0.2) is 0 Å². The second-order valence-electron chi connectivity index (χ2n) is 13.1. The molecule has 15 nitrogen and oxygen atoms in total. The van der Waals surface area contributed by atoms with Gasteiger partial charge in [0.1, 0.15) is 12.2 Å². The summed E-state index contributed by atoms with van der Waals surface area (Å²) in [6, 6.07) is 0. The van der Waals surface area contributed by atoms with Crippen molar-refractivity contribution in [2.75, 3.05) is 33.5 Å². The minimum atomic E-state index is -3.67. The largest absolute Gasteiger partial charge is 0.459 e. The van der Waals surface area contributed by atoms with E-state index in [9.17, 15) is 33.0 Å². The van der Waals surface area contributed by atoms with E-state index in [1.807, 2.05) is 39.8 Å². The highest BCUT2D eigenvalue weighted by molar-refractivity contribution is 7.85. The van der Waals surface area contributed by atoms with E-state index in [4.69, 9.17) is 28.2 Å². The molecule has 5 N–H and O–H groups in total. The van der Waals surface area contributed by atoms with Gasteiger partial charge in [-0.25, -0.2) is 9.59 Å². The number of hydrogen-bond acceptors (Lipinski definition) is 13. The third kappa shape index (κ3) is 3.56. The normalized spacial score (nSPS) is 47.0. The number of aliphatic hydroxyl groups excluding tert-OH is 1. The lowest BCUT2D eigenvalue weighted by molar-refractivity contribution is -0.240. The molecule has 2 saturated carbocycles. The summed E-state index contributed by atoms with van der Waals surface area (Å²) in [7, 11) is 0.0834. The number of rotatable bonds is 4. The molecule has 234 valence electrons. The maximum atomic E-state index is 13.7. The average Bonchev–Trinajstić information content (AvgIpc) is 3.50. The summed E-state index contributed by atoms with van der Waals surface area (Å²) in [5.41, 5.74) is -7.81. The molecule has 0 aromatic rings. The summed E-state index contributed by atoms with van der Waals surface area (Å²) >= 11 is 0. The Morgan fingerprint density at radius 2 is 1.68 bits per heavy atom. The van der Waals surface area contributed by atoms with E-state index >= 15 is 0 Å². The summed E-state index contributed by atoms with van der Waals surface area (Å²) in [6.07, 6.45) is -5.30. The van der Waals surface area contributed by atoms with Gasteiger partial charge in [-0.05, 0) is 38.8 Å². The number of carbonyl (C=O) groups excluding carboxylic acids is 3. The number of carbonyl (C=O) groups is 3. The molecule has 0 aromatic heterocycles. The molecule has 2 spiro atoms. The summed E-state index contributed by atoms with van der Waals surface area (Å²) in [5, 5.41) is 24.1. The number of ether oxygens (including phenoxy) is 5. The van der Waals surface area contributed by atoms with Crippen molar-refractivity contribution in [3.63, 3.8) is 0 Å². The van der Waals surface area contributed by atoms with E-state index in [-0.39, 0.29) is 18.0 Å². The van der Waals surface area contributed by atoms with Gasteiger partial charge >= 0.3 is 17.9 Å². The SMILES string of the molecule is CS(=O)(=O)O.C[C@@H]1C(=O)O[C@H]2[C@H](O)[C@@]34[C@H]5C[C@@H](C(C)(C)C)[C@]36[C@@H](OC(=O)[C@@H]6OCCN(C)C)O[C@@]4(C(=O)O5)[C@@]12O.O. The monoisotopic (exact) mass is 609 g/mol. The minimum Gasteiger partial charge on any atom is -0.459 e. The zero-order valence-corrected chi connectivity index (χ0v) is 24.8. The van der Waals surface area contributed by atoms with Crippen LogP contribution in [0.5, 0.6) is 0 Å². The Bertz CT molecular complexity index is 1240. The molecular formula is C25H39NO14S. The first-order valence-corrected chi connectivity index (χ1v) is 15.0. The molecule has 0 amide bonds. The van der Waals surface area contributed by atoms with Crippen LogP contribution in [0, 0.1) is 28.1 Å². The van der Waals surface area contributed by atoms with Crippen LogP contribution in [0.4, 0.5) is 0 Å². The van der Waals surface area contributed by atoms with E-state index < -0.39 is 92.1 Å². The van der Waals surface area contributed by atoms with Crippen molar-refractivity contribution in [1.82, 2.24) is 4.90 Å². The third-order valence-electron chi connectivity index (χ3n) is 9.79. The van der Waals surface area contributed by atoms with Gasteiger partial charge in [0.25, 0.3) is 10.1 Å². The molecule has 0 bridgehead atoms. The molecular weight excluding hydrogens is 570 g/mol. The number of esters is 3. The van der Waals surface area contributed by atoms with Crippen LogP contribution in [0.3, 0.4) is 0 Å². The van der Waals surface area contributed by atoms with Crippen LogP contribution in [0.2, 0.25) is 0 Å². The predicted molar refractivity (Wildman–Crippen MR) is 135 cm³/mol. The molecule has 4 heterocycles. The highest BCUT2D eigenvalue weighted by Crippen LogP contribution is 2.84. The van der Waals surface area contributed by atoms with Crippen LogP contribution in [-0.2, 0) is 48.2 Å². The Hall–Kier alpha value is -1.92. The zero-order chi connectivity index (χ0) is 30.0. The Balaban J connectivity index is 0.000000596. The summed E-state index contributed by atoms with van der Waals surface area (Å²) < 4.78 is 55.6. The lowest BCUT2D eigenvalue weighted by atomic mass is 9.51.